The van der Waals surface area contributed by atoms with Crippen LogP contribution < -0.4 is 4.74 Å². The standard InChI is InChI=1S/C10H7ClF2N2O/c11-9-5-6-14-15(9)7-3-1-2-4-8(7)16-10(12)13/h1-6,10H. The van der Waals surface area contributed by atoms with Crippen LogP contribution in [0.1, 0.15) is 0 Å². The van der Waals surface area contributed by atoms with Crippen molar-refractivity contribution in [3.05, 3.63) is 41.7 Å². The molecule has 0 amide bonds. The minimum absolute atomic E-state index is 0.0306. The van der Waals surface area contributed by atoms with E-state index in [2.05, 4.69) is 9.84 Å². The predicted octanol–water partition coefficient (Wildman–Crippen LogP) is 3.13. The number of para-hydroxylation sites is 2. The molecular weight excluding hydrogens is 238 g/mol. The Bertz CT molecular complexity index is 487. The van der Waals surface area contributed by atoms with Crippen LogP contribution in [0.2, 0.25) is 5.15 Å². The third-order valence-electron chi connectivity index (χ3n) is 1.91. The van der Waals surface area contributed by atoms with E-state index in [4.69, 9.17) is 11.6 Å². The lowest BCUT2D eigenvalue weighted by Gasteiger charge is -2.10. The van der Waals surface area contributed by atoms with E-state index < -0.39 is 6.61 Å². The fourth-order valence-electron chi connectivity index (χ4n) is 1.29. The first-order valence-electron chi connectivity index (χ1n) is 4.42. The fourth-order valence-corrected chi connectivity index (χ4v) is 1.48. The number of hydrogen-bond donors (Lipinski definition) is 0. The molecule has 1 heterocycles. The van der Waals surface area contributed by atoms with Crippen molar-refractivity contribution in [2.24, 2.45) is 0 Å². The Morgan fingerprint density at radius 1 is 1.25 bits per heavy atom. The summed E-state index contributed by atoms with van der Waals surface area (Å²) in [7, 11) is 0. The molecule has 0 aliphatic rings. The van der Waals surface area contributed by atoms with Crippen molar-refractivity contribution >= 4 is 11.6 Å². The molecule has 0 unspecified atom stereocenters. The normalized spacial score (nSPS) is 10.8. The summed E-state index contributed by atoms with van der Waals surface area (Å²) >= 11 is 5.84. The highest BCUT2D eigenvalue weighted by atomic mass is 35.5. The van der Waals surface area contributed by atoms with E-state index in [0.29, 0.717) is 10.8 Å². The lowest BCUT2D eigenvalue weighted by Crippen LogP contribution is -2.06. The number of hydrogen-bond acceptors (Lipinski definition) is 2. The zero-order valence-corrected chi connectivity index (χ0v) is 8.73. The van der Waals surface area contributed by atoms with Crippen LogP contribution in [0.15, 0.2) is 36.5 Å². The molecule has 2 rings (SSSR count). The molecule has 0 radical (unpaired) electrons. The van der Waals surface area contributed by atoms with Gasteiger partial charge in [-0.25, -0.2) is 4.68 Å². The van der Waals surface area contributed by atoms with Gasteiger partial charge in [-0.1, -0.05) is 23.7 Å². The first kappa shape index (κ1) is 10.9. The number of benzene rings is 1. The van der Waals surface area contributed by atoms with Gasteiger partial charge in [0.2, 0.25) is 0 Å². The van der Waals surface area contributed by atoms with Gasteiger partial charge >= 0.3 is 6.61 Å². The lowest BCUT2D eigenvalue weighted by atomic mass is 10.3. The van der Waals surface area contributed by atoms with Gasteiger partial charge in [-0.05, 0) is 18.2 Å². The van der Waals surface area contributed by atoms with Crippen LogP contribution in [0.4, 0.5) is 8.78 Å². The summed E-state index contributed by atoms with van der Waals surface area (Å²) in [5, 5.41) is 4.24. The van der Waals surface area contributed by atoms with Crippen LogP contribution >= 0.6 is 11.6 Å². The zero-order valence-electron chi connectivity index (χ0n) is 7.98. The fraction of sp³-hybridized carbons (Fsp3) is 0.100. The molecule has 0 fully saturated rings. The number of rotatable bonds is 3. The Labute approximate surface area is 95.2 Å². The van der Waals surface area contributed by atoms with E-state index >= 15 is 0 Å². The molecule has 6 heteroatoms. The van der Waals surface area contributed by atoms with Crippen LogP contribution in [-0.2, 0) is 0 Å². The summed E-state index contributed by atoms with van der Waals surface area (Å²) < 4.78 is 30.0. The van der Waals surface area contributed by atoms with E-state index in [1.807, 2.05) is 0 Å². The Balaban J connectivity index is 2.44. The van der Waals surface area contributed by atoms with Gasteiger partial charge in [0.15, 0.2) is 5.75 Å². The predicted molar refractivity (Wildman–Crippen MR) is 55.2 cm³/mol. The van der Waals surface area contributed by atoms with Crippen LogP contribution in [0.25, 0.3) is 5.69 Å². The molecule has 0 aliphatic carbocycles. The first-order valence-corrected chi connectivity index (χ1v) is 4.80. The second kappa shape index (κ2) is 4.49. The molecular formula is C10H7ClF2N2O. The van der Waals surface area contributed by atoms with Gasteiger partial charge in [0.25, 0.3) is 0 Å². The number of alkyl halides is 2. The summed E-state index contributed by atoms with van der Waals surface area (Å²) in [6.07, 6.45) is 1.47. The lowest BCUT2D eigenvalue weighted by molar-refractivity contribution is -0.0499. The van der Waals surface area contributed by atoms with Crippen molar-refractivity contribution < 1.29 is 13.5 Å². The molecule has 0 N–H and O–H groups in total. The maximum atomic E-state index is 12.2. The third-order valence-corrected chi connectivity index (χ3v) is 2.19. The average molecular weight is 245 g/mol. The minimum Gasteiger partial charge on any atom is -0.433 e. The molecule has 0 aliphatic heterocycles. The summed E-state index contributed by atoms with van der Waals surface area (Å²) in [5.41, 5.74) is 0.373. The van der Waals surface area contributed by atoms with E-state index in [9.17, 15) is 8.78 Å². The largest absolute Gasteiger partial charge is 0.433 e. The Morgan fingerprint density at radius 2 is 2.00 bits per heavy atom. The van der Waals surface area contributed by atoms with Crippen molar-refractivity contribution in [2.75, 3.05) is 0 Å². The van der Waals surface area contributed by atoms with E-state index in [-0.39, 0.29) is 5.75 Å². The van der Waals surface area contributed by atoms with Crippen molar-refractivity contribution in [3.8, 4) is 11.4 Å². The maximum Gasteiger partial charge on any atom is 0.387 e. The third kappa shape index (κ3) is 2.14. The topological polar surface area (TPSA) is 27.1 Å². The second-order valence-electron chi connectivity index (χ2n) is 2.91. The van der Waals surface area contributed by atoms with Gasteiger partial charge in [0.05, 0.1) is 6.20 Å². The number of ether oxygens (including phenoxy) is 1. The number of aromatic nitrogens is 2. The molecule has 1 aromatic heterocycles. The van der Waals surface area contributed by atoms with Gasteiger partial charge < -0.3 is 4.74 Å². The Morgan fingerprint density at radius 3 is 2.62 bits per heavy atom. The summed E-state index contributed by atoms with van der Waals surface area (Å²) in [4.78, 5) is 0. The monoisotopic (exact) mass is 244 g/mol. The quantitative estimate of drug-likeness (QED) is 0.829. The van der Waals surface area contributed by atoms with Gasteiger partial charge in [-0.15, -0.1) is 0 Å². The molecule has 2 aromatic rings. The highest BCUT2D eigenvalue weighted by molar-refractivity contribution is 6.29. The Hall–Kier alpha value is -1.62. The van der Waals surface area contributed by atoms with Gasteiger partial charge in [0.1, 0.15) is 10.8 Å². The molecule has 0 saturated heterocycles. The van der Waals surface area contributed by atoms with Crippen molar-refractivity contribution in [1.29, 1.82) is 0 Å². The maximum absolute atomic E-state index is 12.2. The molecule has 3 nitrogen and oxygen atoms in total. The summed E-state index contributed by atoms with van der Waals surface area (Å²) in [5.74, 6) is 0.0306. The first-order chi connectivity index (χ1) is 7.68. The van der Waals surface area contributed by atoms with Gasteiger partial charge in [-0.3, -0.25) is 0 Å². The smallest absolute Gasteiger partial charge is 0.387 e. The van der Waals surface area contributed by atoms with Gasteiger partial charge in [0, 0.05) is 0 Å². The molecule has 0 saturated carbocycles. The minimum atomic E-state index is -2.88. The zero-order chi connectivity index (χ0) is 11.5. The van der Waals surface area contributed by atoms with Crippen molar-refractivity contribution in [1.82, 2.24) is 9.78 Å². The summed E-state index contributed by atoms with van der Waals surface area (Å²) in [6.45, 7) is -2.88. The van der Waals surface area contributed by atoms with Crippen molar-refractivity contribution in [2.45, 2.75) is 6.61 Å². The van der Waals surface area contributed by atoms with Crippen LogP contribution in [0.3, 0.4) is 0 Å². The number of nitrogens with zero attached hydrogens (tertiary/aromatic N) is 2. The van der Waals surface area contributed by atoms with E-state index in [1.165, 1.54) is 16.9 Å². The van der Waals surface area contributed by atoms with Crippen LogP contribution in [0.5, 0.6) is 5.75 Å². The molecule has 0 atom stereocenters. The van der Waals surface area contributed by atoms with Crippen LogP contribution in [-0.4, -0.2) is 16.4 Å². The average Bonchev–Trinajstić information content (AvgIpc) is 2.64. The van der Waals surface area contributed by atoms with E-state index in [1.54, 1.807) is 24.3 Å². The highest BCUT2D eigenvalue weighted by Gasteiger charge is 2.12. The molecule has 1 aromatic carbocycles. The SMILES string of the molecule is FC(F)Oc1ccccc1-n1nccc1Cl. The molecule has 0 spiro atoms. The van der Waals surface area contributed by atoms with Crippen molar-refractivity contribution in [3.63, 3.8) is 0 Å². The van der Waals surface area contributed by atoms with Gasteiger partial charge in [-0.2, -0.15) is 13.9 Å². The molecule has 16 heavy (non-hydrogen) atoms. The van der Waals surface area contributed by atoms with E-state index in [0.717, 1.165) is 0 Å². The molecule has 0 bridgehead atoms. The van der Waals surface area contributed by atoms with Crippen LogP contribution in [0, 0.1) is 0 Å². The summed E-state index contributed by atoms with van der Waals surface area (Å²) in [6, 6.07) is 7.86. The second-order valence-corrected chi connectivity index (χ2v) is 3.30. The number of halogens is 3. The highest BCUT2D eigenvalue weighted by Crippen LogP contribution is 2.26. The molecule has 84 valence electrons. The Kier molecular flexibility index (Phi) is 3.05.